The van der Waals surface area contributed by atoms with Crippen LogP contribution in [0.25, 0.3) is 0 Å². The maximum Gasteiger partial charge on any atom is 0.255 e. The van der Waals surface area contributed by atoms with E-state index in [1.54, 1.807) is 19.4 Å². The van der Waals surface area contributed by atoms with Crippen molar-refractivity contribution in [2.24, 2.45) is 5.92 Å². The van der Waals surface area contributed by atoms with Gasteiger partial charge in [0.1, 0.15) is 0 Å². The van der Waals surface area contributed by atoms with Crippen LogP contribution in [0.4, 0.5) is 0 Å². The number of rotatable bonds is 5. The molecule has 0 aliphatic carbocycles. The van der Waals surface area contributed by atoms with Crippen molar-refractivity contribution in [3.63, 3.8) is 0 Å². The maximum atomic E-state index is 12.9. The SMILES string of the molecule is COCCn1cc(C(=O)N2CC(C)C(N3CCOCC3)C2)ccc1=O. The van der Waals surface area contributed by atoms with E-state index in [1.165, 1.54) is 10.6 Å². The van der Waals surface area contributed by atoms with Crippen LogP contribution in [0, 0.1) is 5.92 Å². The number of likely N-dealkylation sites (tertiary alicyclic amines) is 1. The zero-order valence-electron chi connectivity index (χ0n) is 15.0. The van der Waals surface area contributed by atoms with E-state index < -0.39 is 0 Å². The second-order valence-corrected chi connectivity index (χ2v) is 6.85. The van der Waals surface area contributed by atoms with E-state index in [9.17, 15) is 9.59 Å². The lowest BCUT2D eigenvalue weighted by Crippen LogP contribution is -2.47. The molecule has 3 rings (SSSR count). The molecule has 3 heterocycles. The molecule has 0 bridgehead atoms. The molecular formula is C18H27N3O4. The third-order valence-corrected chi connectivity index (χ3v) is 5.14. The Labute approximate surface area is 148 Å². The van der Waals surface area contributed by atoms with Crippen LogP contribution in [0.1, 0.15) is 17.3 Å². The average molecular weight is 349 g/mol. The number of aromatic nitrogens is 1. The summed E-state index contributed by atoms with van der Waals surface area (Å²) in [7, 11) is 1.59. The minimum Gasteiger partial charge on any atom is -0.383 e. The fourth-order valence-corrected chi connectivity index (χ4v) is 3.70. The molecule has 0 saturated carbocycles. The van der Waals surface area contributed by atoms with Gasteiger partial charge in [-0.2, -0.15) is 0 Å². The van der Waals surface area contributed by atoms with E-state index in [0.29, 0.717) is 30.7 Å². The van der Waals surface area contributed by atoms with Crippen molar-refractivity contribution >= 4 is 5.91 Å². The van der Waals surface area contributed by atoms with Crippen molar-refractivity contribution in [2.45, 2.75) is 19.5 Å². The summed E-state index contributed by atoms with van der Waals surface area (Å²) < 4.78 is 12.0. The predicted octanol–water partition coefficient (Wildman–Crippen LogP) is 0.287. The molecule has 2 saturated heterocycles. The largest absolute Gasteiger partial charge is 0.383 e. The lowest BCUT2D eigenvalue weighted by molar-refractivity contribution is 0.0119. The number of carbonyl (C=O) groups is 1. The summed E-state index contributed by atoms with van der Waals surface area (Å²) in [5.41, 5.74) is 0.445. The molecule has 1 aromatic heterocycles. The third kappa shape index (κ3) is 4.11. The Balaban J connectivity index is 1.69. The van der Waals surface area contributed by atoms with Crippen LogP contribution >= 0.6 is 0 Å². The van der Waals surface area contributed by atoms with Gasteiger partial charge in [-0.1, -0.05) is 6.92 Å². The van der Waals surface area contributed by atoms with Crippen LogP contribution in [-0.2, 0) is 16.0 Å². The van der Waals surface area contributed by atoms with Gasteiger partial charge in [-0.3, -0.25) is 14.5 Å². The summed E-state index contributed by atoms with van der Waals surface area (Å²) >= 11 is 0. The number of hydrogen-bond donors (Lipinski definition) is 0. The van der Waals surface area contributed by atoms with Gasteiger partial charge in [0.25, 0.3) is 11.5 Å². The number of hydrogen-bond acceptors (Lipinski definition) is 5. The minimum atomic E-state index is -0.116. The number of amides is 1. The van der Waals surface area contributed by atoms with E-state index >= 15 is 0 Å². The molecule has 1 aromatic rings. The van der Waals surface area contributed by atoms with Gasteiger partial charge in [-0.15, -0.1) is 0 Å². The second kappa shape index (κ2) is 8.12. The monoisotopic (exact) mass is 349 g/mol. The Morgan fingerprint density at radius 3 is 2.76 bits per heavy atom. The van der Waals surface area contributed by atoms with Crippen molar-refractivity contribution in [3.8, 4) is 0 Å². The Morgan fingerprint density at radius 2 is 2.04 bits per heavy atom. The summed E-state index contributed by atoms with van der Waals surface area (Å²) in [5, 5.41) is 0. The quantitative estimate of drug-likeness (QED) is 0.764. The highest BCUT2D eigenvalue weighted by Gasteiger charge is 2.36. The molecule has 2 fully saturated rings. The van der Waals surface area contributed by atoms with Gasteiger partial charge in [0.15, 0.2) is 0 Å². The van der Waals surface area contributed by atoms with Crippen LogP contribution < -0.4 is 5.56 Å². The first-order valence-corrected chi connectivity index (χ1v) is 8.90. The van der Waals surface area contributed by atoms with Crippen LogP contribution in [0.15, 0.2) is 23.1 Å². The van der Waals surface area contributed by atoms with Gasteiger partial charge in [-0.05, 0) is 12.0 Å². The number of ether oxygens (including phenoxy) is 2. The zero-order valence-corrected chi connectivity index (χ0v) is 15.0. The smallest absolute Gasteiger partial charge is 0.255 e. The Morgan fingerprint density at radius 1 is 1.28 bits per heavy atom. The third-order valence-electron chi connectivity index (χ3n) is 5.14. The summed E-state index contributed by atoms with van der Waals surface area (Å²) in [6.07, 6.45) is 1.65. The van der Waals surface area contributed by atoms with Crippen molar-refractivity contribution in [1.29, 1.82) is 0 Å². The number of nitrogens with zero attached hydrogens (tertiary/aromatic N) is 3. The molecule has 25 heavy (non-hydrogen) atoms. The van der Waals surface area contributed by atoms with Crippen molar-refractivity contribution in [3.05, 3.63) is 34.2 Å². The molecule has 2 atom stereocenters. The highest BCUT2D eigenvalue weighted by molar-refractivity contribution is 5.94. The molecule has 138 valence electrons. The first-order valence-electron chi connectivity index (χ1n) is 8.90. The molecule has 7 heteroatoms. The van der Waals surface area contributed by atoms with Gasteiger partial charge in [-0.25, -0.2) is 0 Å². The summed E-state index contributed by atoms with van der Waals surface area (Å²) in [6.45, 7) is 7.96. The highest BCUT2D eigenvalue weighted by atomic mass is 16.5. The van der Waals surface area contributed by atoms with Crippen molar-refractivity contribution < 1.29 is 14.3 Å². The normalized spacial score (nSPS) is 24.6. The van der Waals surface area contributed by atoms with E-state index in [0.717, 1.165) is 39.4 Å². The standard InChI is InChI=1S/C18H27N3O4/c1-14-11-21(13-16(14)19-6-9-25-10-7-19)18(23)15-3-4-17(22)20(12-15)5-8-24-2/h3-4,12,14,16H,5-11,13H2,1-2H3. The van der Waals surface area contributed by atoms with Gasteiger partial charge in [0, 0.05) is 58.1 Å². The molecular weight excluding hydrogens is 322 g/mol. The Hall–Kier alpha value is -1.70. The van der Waals surface area contributed by atoms with Crippen LogP contribution in [0.5, 0.6) is 0 Å². The number of methoxy groups -OCH3 is 1. The number of morpholine rings is 1. The molecule has 0 spiro atoms. The second-order valence-electron chi connectivity index (χ2n) is 6.85. The maximum absolute atomic E-state index is 12.9. The number of pyridine rings is 1. The van der Waals surface area contributed by atoms with E-state index in [2.05, 4.69) is 11.8 Å². The van der Waals surface area contributed by atoms with Gasteiger partial charge >= 0.3 is 0 Å². The molecule has 7 nitrogen and oxygen atoms in total. The fraction of sp³-hybridized carbons (Fsp3) is 0.667. The van der Waals surface area contributed by atoms with E-state index in [4.69, 9.17) is 9.47 Å². The average Bonchev–Trinajstić information content (AvgIpc) is 3.03. The Bertz CT molecular complexity index is 654. The summed E-state index contributed by atoms with van der Waals surface area (Å²) in [4.78, 5) is 29.1. The first kappa shape index (κ1) is 18.1. The molecule has 1 amide bonds. The minimum absolute atomic E-state index is 0.00576. The summed E-state index contributed by atoms with van der Waals surface area (Å²) in [6, 6.07) is 3.47. The lowest BCUT2D eigenvalue weighted by Gasteiger charge is -2.34. The lowest BCUT2D eigenvalue weighted by atomic mass is 10.0. The zero-order chi connectivity index (χ0) is 17.8. The molecule has 0 N–H and O–H groups in total. The van der Waals surface area contributed by atoms with Crippen molar-refractivity contribution in [1.82, 2.24) is 14.4 Å². The molecule has 2 aliphatic heterocycles. The Kier molecular flexibility index (Phi) is 5.88. The number of carbonyl (C=O) groups excluding carboxylic acids is 1. The van der Waals surface area contributed by atoms with Crippen LogP contribution in [-0.4, -0.2) is 79.4 Å². The highest BCUT2D eigenvalue weighted by Crippen LogP contribution is 2.24. The first-order chi connectivity index (χ1) is 12.1. The molecule has 0 aromatic carbocycles. The summed E-state index contributed by atoms with van der Waals surface area (Å²) in [5.74, 6) is 0.426. The van der Waals surface area contributed by atoms with Crippen LogP contribution in [0.2, 0.25) is 0 Å². The molecule has 2 aliphatic rings. The van der Waals surface area contributed by atoms with Crippen LogP contribution in [0.3, 0.4) is 0 Å². The van der Waals surface area contributed by atoms with Gasteiger partial charge in [0.2, 0.25) is 0 Å². The molecule has 0 radical (unpaired) electrons. The van der Waals surface area contributed by atoms with E-state index in [-0.39, 0.29) is 11.5 Å². The van der Waals surface area contributed by atoms with Gasteiger partial charge in [0.05, 0.1) is 25.4 Å². The van der Waals surface area contributed by atoms with Gasteiger partial charge < -0.3 is 18.9 Å². The van der Waals surface area contributed by atoms with Crippen molar-refractivity contribution in [2.75, 3.05) is 53.1 Å². The fourth-order valence-electron chi connectivity index (χ4n) is 3.70. The molecule has 2 unspecified atom stereocenters. The van der Waals surface area contributed by atoms with E-state index in [1.807, 2.05) is 4.90 Å². The topological polar surface area (TPSA) is 64.0 Å². The predicted molar refractivity (Wildman–Crippen MR) is 93.8 cm³/mol.